The molecule has 1 aromatic rings. The first-order valence-electron chi connectivity index (χ1n) is 9.15. The van der Waals surface area contributed by atoms with E-state index in [1.807, 2.05) is 0 Å². The zero-order valence-corrected chi connectivity index (χ0v) is 18.3. The van der Waals surface area contributed by atoms with Crippen molar-refractivity contribution in [2.24, 2.45) is 0 Å². The third-order valence-electron chi connectivity index (χ3n) is 4.29. The maximum Gasteiger partial charge on any atom is 0.372 e. The molecule has 32 heavy (non-hydrogen) atoms. The van der Waals surface area contributed by atoms with Crippen LogP contribution in [0.3, 0.4) is 0 Å². The zero-order valence-electron chi connectivity index (χ0n) is 16.6. The molecular weight excluding hydrogens is 475 g/mol. The van der Waals surface area contributed by atoms with Gasteiger partial charge in [0, 0.05) is 6.42 Å². The SMILES string of the molecule is CCOP(=O)(O)Cn1nnnc1SCC(=O)N[C@H]1CON(C2(C(=O)O)CCC(=O)O2)C1=O. The topological polar surface area (TPSA) is 212 Å². The van der Waals surface area contributed by atoms with Crippen molar-refractivity contribution in [2.75, 3.05) is 19.0 Å². The van der Waals surface area contributed by atoms with Crippen molar-refractivity contribution in [3.63, 3.8) is 0 Å². The van der Waals surface area contributed by atoms with Crippen molar-refractivity contribution < 1.29 is 47.8 Å². The standard InChI is InChI=1S/C14H19N6O10PS/c1-2-29-31(26,27)7-19-13(16-17-18-19)32-6-9(21)15-8-5-28-20(11(8)23)14(12(24)25)4-3-10(22)30-14/h8H,2-7H2,1H3,(H,15,21)(H,24,25)(H,26,27)/t8-,14?/m0/s1. The number of aromatic nitrogens is 4. The lowest BCUT2D eigenvalue weighted by atomic mass is 10.1. The molecule has 18 heteroatoms. The monoisotopic (exact) mass is 494 g/mol. The highest BCUT2D eigenvalue weighted by atomic mass is 32.2. The number of tetrazole rings is 1. The number of esters is 1. The second kappa shape index (κ2) is 9.50. The molecule has 176 valence electrons. The Labute approximate surface area is 184 Å². The normalized spacial score (nSPS) is 24.9. The first-order chi connectivity index (χ1) is 15.1. The fourth-order valence-corrected chi connectivity index (χ4v) is 4.72. The Kier molecular flexibility index (Phi) is 7.14. The van der Waals surface area contributed by atoms with Gasteiger partial charge in [-0.2, -0.15) is 5.06 Å². The number of nitrogens with one attached hydrogen (secondary N) is 1. The quantitative estimate of drug-likeness (QED) is 0.188. The van der Waals surface area contributed by atoms with Crippen molar-refractivity contribution >= 4 is 43.1 Å². The minimum atomic E-state index is -3.97. The van der Waals surface area contributed by atoms with Gasteiger partial charge in [0.1, 0.15) is 18.9 Å². The van der Waals surface area contributed by atoms with E-state index in [4.69, 9.17) is 14.1 Å². The van der Waals surface area contributed by atoms with Gasteiger partial charge in [0.2, 0.25) is 11.1 Å². The van der Waals surface area contributed by atoms with E-state index in [9.17, 15) is 33.7 Å². The lowest BCUT2D eigenvalue weighted by Crippen LogP contribution is -2.56. The van der Waals surface area contributed by atoms with Gasteiger partial charge in [-0.25, -0.2) is 9.48 Å². The van der Waals surface area contributed by atoms with Crippen molar-refractivity contribution in [3.8, 4) is 0 Å². The number of hydrogen-bond acceptors (Lipinski definition) is 12. The van der Waals surface area contributed by atoms with Gasteiger partial charge in [-0.15, -0.1) is 5.10 Å². The molecular formula is C14H19N6O10PS. The second-order valence-corrected chi connectivity index (χ2v) is 9.32. The third-order valence-corrected chi connectivity index (χ3v) is 6.54. The molecule has 3 atom stereocenters. The van der Waals surface area contributed by atoms with Crippen molar-refractivity contribution in [1.29, 1.82) is 0 Å². The van der Waals surface area contributed by atoms with Gasteiger partial charge in [-0.05, 0) is 17.4 Å². The summed E-state index contributed by atoms with van der Waals surface area (Å²) in [6.07, 6.45) is -1.01. The number of aliphatic carboxylic acids is 1. The molecule has 0 radical (unpaired) electrons. The van der Waals surface area contributed by atoms with E-state index in [1.54, 1.807) is 6.92 Å². The van der Waals surface area contributed by atoms with Crippen molar-refractivity contribution in [3.05, 3.63) is 0 Å². The number of hydrogen-bond donors (Lipinski definition) is 3. The van der Waals surface area contributed by atoms with E-state index >= 15 is 0 Å². The smallest absolute Gasteiger partial charge is 0.372 e. The van der Waals surface area contributed by atoms with Crippen LogP contribution in [0.1, 0.15) is 19.8 Å². The Bertz CT molecular complexity index is 974. The number of nitrogens with zero attached hydrogens (tertiary/aromatic N) is 5. The van der Waals surface area contributed by atoms with Gasteiger partial charge in [0.15, 0.2) is 0 Å². The lowest BCUT2D eigenvalue weighted by molar-refractivity contribution is -0.256. The Balaban J connectivity index is 1.56. The van der Waals surface area contributed by atoms with E-state index in [0.717, 1.165) is 16.4 Å². The average Bonchev–Trinajstić information content (AvgIpc) is 3.40. The van der Waals surface area contributed by atoms with Gasteiger partial charge in [0.05, 0.1) is 18.8 Å². The second-order valence-electron chi connectivity index (χ2n) is 6.56. The molecule has 2 fully saturated rings. The van der Waals surface area contributed by atoms with Crippen LogP contribution in [0.4, 0.5) is 0 Å². The van der Waals surface area contributed by atoms with Crippen LogP contribution in [0, 0.1) is 0 Å². The molecule has 2 aliphatic heterocycles. The molecule has 1 aromatic heterocycles. The number of thioether (sulfide) groups is 1. The maximum atomic E-state index is 12.6. The van der Waals surface area contributed by atoms with Gasteiger partial charge < -0.3 is 24.6 Å². The highest BCUT2D eigenvalue weighted by Crippen LogP contribution is 2.43. The van der Waals surface area contributed by atoms with Crippen molar-refractivity contribution in [2.45, 2.75) is 43.0 Å². The zero-order chi connectivity index (χ0) is 23.5. The number of cyclic esters (lactones) is 1. The van der Waals surface area contributed by atoms with E-state index in [-0.39, 0.29) is 37.0 Å². The van der Waals surface area contributed by atoms with Gasteiger partial charge in [-0.1, -0.05) is 11.8 Å². The number of amides is 2. The summed E-state index contributed by atoms with van der Waals surface area (Å²) in [5.74, 6) is -4.16. The van der Waals surface area contributed by atoms with Crippen LogP contribution in [-0.4, -0.2) is 89.8 Å². The van der Waals surface area contributed by atoms with Gasteiger partial charge in [0.25, 0.3) is 5.91 Å². The van der Waals surface area contributed by atoms with Crippen LogP contribution >= 0.6 is 19.4 Å². The van der Waals surface area contributed by atoms with Gasteiger partial charge in [-0.3, -0.25) is 23.8 Å². The number of hydroxylamine groups is 2. The largest absolute Gasteiger partial charge is 0.477 e. The van der Waals surface area contributed by atoms with Crippen LogP contribution < -0.4 is 5.32 Å². The third kappa shape index (κ3) is 5.07. The first kappa shape index (κ1) is 24.1. The average molecular weight is 494 g/mol. The molecule has 3 rings (SSSR count). The molecule has 16 nitrogen and oxygen atoms in total. The number of carbonyl (C=O) groups is 4. The van der Waals surface area contributed by atoms with Crippen molar-refractivity contribution in [1.82, 2.24) is 30.6 Å². The molecule has 2 unspecified atom stereocenters. The molecule has 2 aliphatic rings. The van der Waals surface area contributed by atoms with Crippen LogP contribution in [-0.2, 0) is 44.1 Å². The highest BCUT2D eigenvalue weighted by Gasteiger charge is 2.59. The molecule has 0 aromatic carbocycles. The Hall–Kier alpha value is -2.59. The minimum Gasteiger partial charge on any atom is -0.477 e. The molecule has 3 N–H and O–H groups in total. The number of carboxylic acids is 1. The number of carboxylic acid groups (broad SMARTS) is 1. The van der Waals surface area contributed by atoms with E-state index < -0.39 is 49.4 Å². The summed E-state index contributed by atoms with van der Waals surface area (Å²) in [6, 6.07) is -1.20. The number of ether oxygens (including phenoxy) is 1. The predicted molar refractivity (Wildman–Crippen MR) is 100 cm³/mol. The highest BCUT2D eigenvalue weighted by molar-refractivity contribution is 7.99. The molecule has 0 saturated carbocycles. The molecule has 0 aliphatic carbocycles. The fourth-order valence-electron chi connectivity index (χ4n) is 2.92. The Morgan fingerprint density at radius 2 is 2.19 bits per heavy atom. The summed E-state index contributed by atoms with van der Waals surface area (Å²) in [5.41, 5.74) is -2.27. The summed E-state index contributed by atoms with van der Waals surface area (Å²) < 4.78 is 22.5. The Morgan fingerprint density at radius 3 is 2.81 bits per heavy atom. The summed E-state index contributed by atoms with van der Waals surface area (Å²) in [6.45, 7) is 1.20. The summed E-state index contributed by atoms with van der Waals surface area (Å²) in [4.78, 5) is 62.7. The molecule has 2 amide bonds. The van der Waals surface area contributed by atoms with Gasteiger partial charge >= 0.3 is 25.3 Å². The number of rotatable bonds is 10. The van der Waals surface area contributed by atoms with E-state index in [2.05, 4.69) is 20.8 Å². The molecule has 0 spiro atoms. The van der Waals surface area contributed by atoms with Crippen LogP contribution in [0.2, 0.25) is 0 Å². The Morgan fingerprint density at radius 1 is 1.44 bits per heavy atom. The first-order valence-corrected chi connectivity index (χ1v) is 11.9. The fraction of sp³-hybridized carbons (Fsp3) is 0.643. The summed E-state index contributed by atoms with van der Waals surface area (Å²) in [5, 5.41) is 23.0. The molecule has 3 heterocycles. The maximum absolute atomic E-state index is 12.6. The van der Waals surface area contributed by atoms with E-state index in [0.29, 0.717) is 5.06 Å². The predicted octanol–water partition coefficient (Wildman–Crippen LogP) is -1.68. The van der Waals surface area contributed by atoms with Crippen LogP contribution in [0.15, 0.2) is 5.16 Å². The minimum absolute atomic E-state index is 0.0116. The summed E-state index contributed by atoms with van der Waals surface area (Å²) in [7, 11) is -3.97. The summed E-state index contributed by atoms with van der Waals surface area (Å²) >= 11 is 0.834. The number of carbonyl (C=O) groups excluding carboxylic acids is 3. The molecule has 0 bridgehead atoms. The van der Waals surface area contributed by atoms with Crippen LogP contribution in [0.5, 0.6) is 0 Å². The van der Waals surface area contributed by atoms with E-state index in [1.165, 1.54) is 0 Å². The van der Waals surface area contributed by atoms with Crippen LogP contribution in [0.25, 0.3) is 0 Å². The lowest BCUT2D eigenvalue weighted by Gasteiger charge is -2.30. The molecule has 2 saturated heterocycles.